The van der Waals surface area contributed by atoms with Gasteiger partial charge in [0.15, 0.2) is 0 Å². The lowest BCUT2D eigenvalue weighted by Crippen LogP contribution is -2.46. The van der Waals surface area contributed by atoms with E-state index in [9.17, 15) is 8.42 Å². The molecule has 2 aromatic carbocycles. The van der Waals surface area contributed by atoms with E-state index >= 15 is 0 Å². The van der Waals surface area contributed by atoms with Gasteiger partial charge in [0.1, 0.15) is 0 Å². The molecule has 162 valence electrons. The molecule has 2 aliphatic rings. The third-order valence-electron chi connectivity index (χ3n) is 6.74. The summed E-state index contributed by atoms with van der Waals surface area (Å²) in [5.74, 6) is 0. The van der Waals surface area contributed by atoms with E-state index in [1.54, 1.807) is 30.3 Å². The van der Waals surface area contributed by atoms with Crippen molar-refractivity contribution < 1.29 is 8.42 Å². The van der Waals surface area contributed by atoms with Crippen LogP contribution in [0.5, 0.6) is 0 Å². The highest BCUT2D eigenvalue weighted by Gasteiger charge is 2.27. The zero-order valence-electron chi connectivity index (χ0n) is 17.8. The van der Waals surface area contributed by atoms with Gasteiger partial charge in [0.25, 0.3) is 0 Å². The largest absolute Gasteiger partial charge is 0.370 e. The van der Waals surface area contributed by atoms with E-state index in [1.807, 2.05) is 18.2 Å². The lowest BCUT2D eigenvalue weighted by Gasteiger charge is -2.41. The Kier molecular flexibility index (Phi) is 5.67. The molecule has 31 heavy (non-hydrogen) atoms. The lowest BCUT2D eigenvalue weighted by atomic mass is 9.99. The number of hydrogen-bond donors (Lipinski definition) is 0. The minimum atomic E-state index is -3.57. The first-order valence-electron chi connectivity index (χ1n) is 11.3. The molecule has 5 nitrogen and oxygen atoms in total. The summed E-state index contributed by atoms with van der Waals surface area (Å²) in [5.41, 5.74) is 1.99. The van der Waals surface area contributed by atoms with Crippen LogP contribution in [-0.4, -0.2) is 50.5 Å². The van der Waals surface area contributed by atoms with E-state index in [2.05, 4.69) is 20.9 Å². The number of benzene rings is 2. The molecule has 0 bridgehead atoms. The molecular formula is C25H29N3O2S. The third kappa shape index (κ3) is 4.06. The fourth-order valence-corrected chi connectivity index (χ4v) is 6.28. The molecule has 1 aromatic heterocycles. The first-order chi connectivity index (χ1) is 15.1. The van der Waals surface area contributed by atoms with Crippen LogP contribution in [0.4, 0.5) is 5.69 Å². The Bertz CT molecular complexity index is 1150. The van der Waals surface area contributed by atoms with Crippen LogP contribution in [0.2, 0.25) is 0 Å². The van der Waals surface area contributed by atoms with Crippen LogP contribution in [0.3, 0.4) is 0 Å². The molecule has 0 radical (unpaired) electrons. The van der Waals surface area contributed by atoms with Crippen molar-refractivity contribution in [2.24, 2.45) is 0 Å². The van der Waals surface area contributed by atoms with Gasteiger partial charge in [-0.25, -0.2) is 8.42 Å². The van der Waals surface area contributed by atoms with Gasteiger partial charge in [-0.3, -0.25) is 4.98 Å². The van der Waals surface area contributed by atoms with E-state index in [-0.39, 0.29) is 4.90 Å². The number of aromatic nitrogens is 1. The molecule has 5 rings (SSSR count). The van der Waals surface area contributed by atoms with Crippen LogP contribution in [0.1, 0.15) is 32.1 Å². The van der Waals surface area contributed by atoms with Crippen molar-refractivity contribution in [3.63, 3.8) is 0 Å². The number of rotatable bonds is 4. The second-order valence-electron chi connectivity index (χ2n) is 8.65. The van der Waals surface area contributed by atoms with Crippen LogP contribution in [-0.2, 0) is 9.84 Å². The van der Waals surface area contributed by atoms with Gasteiger partial charge in [-0.1, -0.05) is 36.8 Å². The van der Waals surface area contributed by atoms with E-state index in [4.69, 9.17) is 0 Å². The highest BCUT2D eigenvalue weighted by Crippen LogP contribution is 2.31. The maximum absolute atomic E-state index is 13.0. The lowest BCUT2D eigenvalue weighted by molar-refractivity contribution is 0.141. The molecular weight excluding hydrogens is 406 g/mol. The highest BCUT2D eigenvalue weighted by atomic mass is 32.2. The predicted octanol–water partition coefficient (Wildman–Crippen LogP) is 4.52. The van der Waals surface area contributed by atoms with E-state index < -0.39 is 9.84 Å². The molecule has 0 saturated carbocycles. The quantitative estimate of drug-likeness (QED) is 0.603. The van der Waals surface area contributed by atoms with Crippen LogP contribution < -0.4 is 4.90 Å². The van der Waals surface area contributed by atoms with Gasteiger partial charge in [-0.15, -0.1) is 0 Å². The Balaban J connectivity index is 1.39. The van der Waals surface area contributed by atoms with Gasteiger partial charge >= 0.3 is 0 Å². The Morgan fingerprint density at radius 3 is 2.29 bits per heavy atom. The molecule has 0 amide bonds. The van der Waals surface area contributed by atoms with Crippen molar-refractivity contribution in [1.82, 2.24) is 9.88 Å². The first kappa shape index (κ1) is 20.5. The number of piperidine rings is 2. The van der Waals surface area contributed by atoms with Gasteiger partial charge in [0, 0.05) is 30.7 Å². The Hall–Kier alpha value is -2.44. The number of anilines is 1. The van der Waals surface area contributed by atoms with E-state index in [1.165, 1.54) is 51.4 Å². The molecule has 2 fully saturated rings. The van der Waals surface area contributed by atoms with Crippen molar-refractivity contribution in [2.75, 3.05) is 31.1 Å². The summed E-state index contributed by atoms with van der Waals surface area (Å²) >= 11 is 0. The molecule has 6 heteroatoms. The smallest absolute Gasteiger partial charge is 0.208 e. The van der Waals surface area contributed by atoms with Gasteiger partial charge < -0.3 is 9.80 Å². The number of pyridine rings is 1. The fourth-order valence-electron chi connectivity index (χ4n) is 5.02. The number of hydrogen-bond acceptors (Lipinski definition) is 5. The molecule has 3 heterocycles. The minimum Gasteiger partial charge on any atom is -0.370 e. The third-order valence-corrected chi connectivity index (χ3v) is 8.48. The number of para-hydroxylation sites is 1. The summed E-state index contributed by atoms with van der Waals surface area (Å²) in [6.07, 6.45) is 7.91. The number of fused-ring (bicyclic) bond motifs is 1. The summed E-state index contributed by atoms with van der Waals surface area (Å²) in [5, 5.41) is 0.868. The summed E-state index contributed by atoms with van der Waals surface area (Å²) in [7, 11) is -3.57. The highest BCUT2D eigenvalue weighted by molar-refractivity contribution is 7.91. The van der Waals surface area contributed by atoms with Crippen LogP contribution in [0, 0.1) is 0 Å². The average molecular weight is 436 g/mol. The van der Waals surface area contributed by atoms with Gasteiger partial charge in [0.05, 0.1) is 21.0 Å². The molecule has 0 unspecified atom stereocenters. The van der Waals surface area contributed by atoms with Gasteiger partial charge in [0.2, 0.25) is 9.84 Å². The minimum absolute atomic E-state index is 0.243. The monoisotopic (exact) mass is 435 g/mol. The average Bonchev–Trinajstić information content (AvgIpc) is 2.84. The topological polar surface area (TPSA) is 53.5 Å². The van der Waals surface area contributed by atoms with E-state index in [0.29, 0.717) is 10.9 Å². The SMILES string of the molecule is O=S(=O)(c1ccccc1)c1cnc2c(N3CCC(N4CCCCC4)CC3)cccc2c1. The number of sulfone groups is 1. The van der Waals surface area contributed by atoms with Crippen LogP contribution in [0.15, 0.2) is 70.6 Å². The molecule has 0 spiro atoms. The van der Waals surface area contributed by atoms with Crippen molar-refractivity contribution in [3.05, 3.63) is 60.8 Å². The maximum atomic E-state index is 13.0. The van der Waals surface area contributed by atoms with Gasteiger partial charge in [-0.05, 0) is 63.0 Å². The fraction of sp³-hybridized carbons (Fsp3) is 0.400. The Morgan fingerprint density at radius 1 is 0.806 bits per heavy atom. The van der Waals surface area contributed by atoms with Crippen molar-refractivity contribution in [2.45, 2.75) is 47.9 Å². The number of likely N-dealkylation sites (tertiary alicyclic amines) is 1. The zero-order valence-corrected chi connectivity index (χ0v) is 18.6. The number of nitrogens with zero attached hydrogens (tertiary/aromatic N) is 3. The molecule has 0 N–H and O–H groups in total. The maximum Gasteiger partial charge on any atom is 0.208 e. The Labute approximate surface area is 184 Å². The summed E-state index contributed by atoms with van der Waals surface area (Å²) < 4.78 is 26.0. The van der Waals surface area contributed by atoms with E-state index in [0.717, 1.165) is 29.7 Å². The normalized spacial score (nSPS) is 19.0. The summed E-state index contributed by atoms with van der Waals surface area (Å²) in [4.78, 5) is 10.3. The van der Waals surface area contributed by atoms with Crippen LogP contribution >= 0.6 is 0 Å². The summed E-state index contributed by atoms with van der Waals surface area (Å²) in [6.45, 7) is 4.54. The zero-order chi connectivity index (χ0) is 21.3. The predicted molar refractivity (Wildman–Crippen MR) is 124 cm³/mol. The van der Waals surface area contributed by atoms with Crippen molar-refractivity contribution in [3.8, 4) is 0 Å². The van der Waals surface area contributed by atoms with Crippen molar-refractivity contribution in [1.29, 1.82) is 0 Å². The van der Waals surface area contributed by atoms with Crippen LogP contribution in [0.25, 0.3) is 10.9 Å². The molecule has 2 saturated heterocycles. The first-order valence-corrected chi connectivity index (χ1v) is 12.8. The molecule has 2 aliphatic heterocycles. The standard InChI is InChI=1S/C25H29N3O2S/c29-31(30,22-9-3-1-4-10-22)23-18-20-8-7-11-24(25(20)26-19-23)28-16-12-21(13-17-28)27-14-5-2-6-15-27/h1,3-4,7-11,18-19,21H,2,5-6,12-17H2. The van der Waals surface area contributed by atoms with Crippen molar-refractivity contribution >= 4 is 26.4 Å². The second kappa shape index (κ2) is 8.60. The summed E-state index contributed by atoms with van der Waals surface area (Å²) in [6, 6.07) is 17.1. The molecule has 0 atom stereocenters. The second-order valence-corrected chi connectivity index (χ2v) is 10.6. The molecule has 0 aliphatic carbocycles. The van der Waals surface area contributed by atoms with Gasteiger partial charge in [-0.2, -0.15) is 0 Å². The molecule has 3 aromatic rings. The Morgan fingerprint density at radius 2 is 1.55 bits per heavy atom.